The molecule has 19 heavy (non-hydrogen) atoms. The monoisotopic (exact) mass is 344 g/mol. The van der Waals surface area contributed by atoms with Crippen molar-refractivity contribution in [1.29, 1.82) is 0 Å². The van der Waals surface area contributed by atoms with Crippen molar-refractivity contribution in [3.8, 4) is 0 Å². The molecule has 0 N–H and O–H groups in total. The van der Waals surface area contributed by atoms with Gasteiger partial charge in [0.1, 0.15) is 0 Å². The molecule has 2 aromatic carbocycles. The maximum atomic E-state index is 14.1. The van der Waals surface area contributed by atoms with Gasteiger partial charge < -0.3 is 0 Å². The second-order valence-electron chi connectivity index (χ2n) is 3.57. The zero-order chi connectivity index (χ0) is 14.2. The third kappa shape index (κ3) is 2.35. The van der Waals surface area contributed by atoms with Crippen LogP contribution in [-0.2, 0) is 0 Å². The summed E-state index contributed by atoms with van der Waals surface area (Å²) in [5, 5.41) is 0. The zero-order valence-electron chi connectivity index (χ0n) is 9.14. The van der Waals surface area contributed by atoms with Crippen molar-refractivity contribution in [3.63, 3.8) is 0 Å². The molecule has 0 saturated carbocycles. The molecule has 0 aliphatic carbocycles. The molecule has 0 nitrogen and oxygen atoms in total. The average Bonchev–Trinajstić information content (AvgIpc) is 2.27. The minimum atomic E-state index is -6.34. The van der Waals surface area contributed by atoms with Crippen LogP contribution in [0.4, 0.5) is 24.7 Å². The van der Waals surface area contributed by atoms with Crippen LogP contribution in [0.2, 0.25) is 0 Å². The maximum absolute atomic E-state index is 14.1. The fourth-order valence-corrected chi connectivity index (χ4v) is 4.61. The second-order valence-corrected chi connectivity index (χ2v) is 7.25. The molecule has 0 saturated heterocycles. The molecule has 0 amide bonds. The molecule has 0 spiro atoms. The summed E-state index contributed by atoms with van der Waals surface area (Å²) in [5.41, 5.74) is 0. The molecule has 0 aliphatic heterocycles. The van der Waals surface area contributed by atoms with Crippen LogP contribution < -0.4 is 8.92 Å². The van der Waals surface area contributed by atoms with E-state index in [1.165, 1.54) is 0 Å². The van der Waals surface area contributed by atoms with Crippen LogP contribution in [0.3, 0.4) is 0 Å². The van der Waals surface area contributed by atoms with Gasteiger partial charge in [-0.15, -0.1) is 0 Å². The summed E-state index contributed by atoms with van der Waals surface area (Å²) < 4.78 is 78.7. The van der Waals surface area contributed by atoms with Crippen LogP contribution in [0.15, 0.2) is 36.4 Å². The topological polar surface area (TPSA) is 0 Å². The fraction of sp³-hybridized carbons (Fsp3) is 0. The molecule has 0 bridgehead atoms. The third-order valence-electron chi connectivity index (χ3n) is 2.35. The van der Waals surface area contributed by atoms with Gasteiger partial charge in [-0.25, -0.2) is 0 Å². The Bertz CT molecular complexity index is 532. The van der Waals surface area contributed by atoms with E-state index in [9.17, 15) is 24.7 Å². The molecule has 0 atom stereocenters. The Hall–Kier alpha value is -1.46. The van der Waals surface area contributed by atoms with E-state index in [-0.39, 0.29) is 0 Å². The van der Waals surface area contributed by atoms with E-state index in [1.807, 2.05) is 0 Å². The van der Waals surface area contributed by atoms with Crippen molar-refractivity contribution < 1.29 is 24.7 Å². The minimum absolute atomic E-state index is 0.627. The van der Waals surface area contributed by atoms with Crippen LogP contribution in [0.1, 0.15) is 0 Å². The first-order valence-electron chi connectivity index (χ1n) is 4.96. The average molecular weight is 343 g/mol. The standard InChI is InChI=1S/C12H6F6Se/c13-7-3-1-4-8(14)11(7)19(17,18)12-9(15)5-2-6-10(12)16/h1-6H. The molecule has 7 heteroatoms. The van der Waals surface area contributed by atoms with Crippen LogP contribution in [-0.4, -0.2) is 13.8 Å². The molecule has 102 valence electrons. The van der Waals surface area contributed by atoms with E-state index < -0.39 is 45.9 Å². The van der Waals surface area contributed by atoms with Gasteiger partial charge in [-0.1, -0.05) is 0 Å². The Kier molecular flexibility index (Phi) is 3.60. The van der Waals surface area contributed by atoms with Crippen LogP contribution in [0, 0.1) is 23.3 Å². The normalized spacial score (nSPS) is 12.5. The van der Waals surface area contributed by atoms with Gasteiger partial charge in [-0.3, -0.25) is 0 Å². The SMILES string of the molecule is Fc1cccc(F)c1[Se](F)(F)c1c(F)cccc1F. The van der Waals surface area contributed by atoms with E-state index in [1.54, 1.807) is 0 Å². The number of hydrogen-bond donors (Lipinski definition) is 0. The van der Waals surface area contributed by atoms with Crippen molar-refractivity contribution in [1.82, 2.24) is 0 Å². The van der Waals surface area contributed by atoms with E-state index in [2.05, 4.69) is 0 Å². The molecule has 0 radical (unpaired) electrons. The van der Waals surface area contributed by atoms with E-state index in [0.29, 0.717) is 24.3 Å². The molecule has 0 heterocycles. The first-order valence-corrected chi connectivity index (χ1v) is 7.97. The van der Waals surface area contributed by atoms with E-state index >= 15 is 0 Å². The van der Waals surface area contributed by atoms with Crippen molar-refractivity contribution in [2.24, 2.45) is 0 Å². The van der Waals surface area contributed by atoms with Crippen molar-refractivity contribution in [3.05, 3.63) is 59.7 Å². The number of rotatable bonds is 2. The first-order chi connectivity index (χ1) is 8.85. The van der Waals surface area contributed by atoms with Gasteiger partial charge in [-0.2, -0.15) is 0 Å². The van der Waals surface area contributed by atoms with Gasteiger partial charge in [0.2, 0.25) is 0 Å². The van der Waals surface area contributed by atoms with Gasteiger partial charge in [-0.05, 0) is 0 Å². The fourth-order valence-electron chi connectivity index (χ4n) is 1.56. The summed E-state index contributed by atoms with van der Waals surface area (Å²) in [6.07, 6.45) is 0. The molecule has 2 rings (SSSR count). The molecular weight excluding hydrogens is 337 g/mol. The molecule has 2 aromatic rings. The van der Waals surface area contributed by atoms with Gasteiger partial charge in [0.25, 0.3) is 0 Å². The number of hydrogen-bond acceptors (Lipinski definition) is 0. The molecule has 0 unspecified atom stereocenters. The Morgan fingerprint density at radius 2 is 0.842 bits per heavy atom. The van der Waals surface area contributed by atoms with Gasteiger partial charge in [0.15, 0.2) is 0 Å². The van der Waals surface area contributed by atoms with E-state index in [0.717, 1.165) is 12.1 Å². The number of benzene rings is 2. The van der Waals surface area contributed by atoms with Crippen molar-refractivity contribution >= 4 is 22.7 Å². The third-order valence-corrected chi connectivity index (χ3v) is 6.14. The Morgan fingerprint density at radius 3 is 1.11 bits per heavy atom. The summed E-state index contributed by atoms with van der Waals surface area (Å²) in [6, 6.07) is 4.31. The van der Waals surface area contributed by atoms with Gasteiger partial charge in [0, 0.05) is 0 Å². The van der Waals surface area contributed by atoms with Crippen LogP contribution in [0.5, 0.6) is 0 Å². The molecule has 0 aromatic heterocycles. The predicted molar refractivity (Wildman–Crippen MR) is 60.0 cm³/mol. The van der Waals surface area contributed by atoms with Crippen molar-refractivity contribution in [2.75, 3.05) is 0 Å². The van der Waals surface area contributed by atoms with E-state index in [4.69, 9.17) is 0 Å². The second kappa shape index (κ2) is 4.90. The molecule has 0 fully saturated rings. The summed E-state index contributed by atoms with van der Waals surface area (Å²) >= 11 is -6.34. The summed E-state index contributed by atoms with van der Waals surface area (Å²) in [5.74, 6) is -6.03. The Labute approximate surface area is 107 Å². The number of halogens is 6. The summed E-state index contributed by atoms with van der Waals surface area (Å²) in [4.78, 5) is 0. The quantitative estimate of drug-likeness (QED) is 0.581. The van der Waals surface area contributed by atoms with Crippen LogP contribution >= 0.6 is 0 Å². The predicted octanol–water partition coefficient (Wildman–Crippen LogP) is 2.74. The molecular formula is C12H6F6Se. The van der Waals surface area contributed by atoms with Crippen molar-refractivity contribution in [2.45, 2.75) is 0 Å². The Morgan fingerprint density at radius 1 is 0.579 bits per heavy atom. The zero-order valence-corrected chi connectivity index (χ0v) is 10.9. The van der Waals surface area contributed by atoms with Gasteiger partial charge >= 0.3 is 107 Å². The Balaban J connectivity index is 2.73. The summed E-state index contributed by atoms with van der Waals surface area (Å²) in [6.45, 7) is 0. The summed E-state index contributed by atoms with van der Waals surface area (Å²) in [7, 11) is 0. The first kappa shape index (κ1) is 14.0. The van der Waals surface area contributed by atoms with Gasteiger partial charge in [0.05, 0.1) is 0 Å². The van der Waals surface area contributed by atoms with Crippen LogP contribution in [0.25, 0.3) is 0 Å². The molecule has 0 aliphatic rings.